The molecule has 3 heterocycles. The van der Waals surface area contributed by atoms with E-state index in [0.29, 0.717) is 13.2 Å². The van der Waals surface area contributed by atoms with Gasteiger partial charge >= 0.3 is 0 Å². The average molecular weight is 377 g/mol. The molecule has 2 aromatic carbocycles. The van der Waals surface area contributed by atoms with Gasteiger partial charge in [0.25, 0.3) is 0 Å². The summed E-state index contributed by atoms with van der Waals surface area (Å²) in [4.78, 5) is 22.5. The number of nitrogens with one attached hydrogen (secondary N) is 1. The summed E-state index contributed by atoms with van der Waals surface area (Å²) in [7, 11) is 0. The number of hydrogen-bond acceptors (Lipinski definition) is 4. The number of aromatic nitrogens is 2. The van der Waals surface area contributed by atoms with E-state index in [4.69, 9.17) is 4.74 Å². The van der Waals surface area contributed by atoms with Gasteiger partial charge in [-0.25, -0.2) is 4.98 Å². The number of hydrogen-bond donors (Lipinski definition) is 1. The van der Waals surface area contributed by atoms with Gasteiger partial charge in [0.2, 0.25) is 5.91 Å². The third kappa shape index (κ3) is 3.11. The zero-order chi connectivity index (χ0) is 18.2. The Kier molecular flexibility index (Phi) is 4.14. The number of nitrogens with zero attached hydrogens (tertiary/aromatic N) is 2. The highest BCUT2D eigenvalue weighted by atomic mass is 32.1. The molecular weight excluding hydrogens is 358 g/mol. The largest absolute Gasteiger partial charge is 0.364 e. The molecule has 0 unspecified atom stereocenters. The number of ether oxygens (including phenoxy) is 1. The maximum atomic E-state index is 12.6. The van der Waals surface area contributed by atoms with E-state index in [1.807, 2.05) is 41.3 Å². The molecule has 1 aliphatic heterocycles. The Bertz CT molecular complexity index is 1100. The minimum Gasteiger partial charge on any atom is -0.364 e. The highest BCUT2D eigenvalue weighted by Crippen LogP contribution is 2.27. The molecule has 0 spiro atoms. The maximum absolute atomic E-state index is 12.6. The summed E-state index contributed by atoms with van der Waals surface area (Å²) in [5.74, 6) is 0.0343. The molecule has 6 heteroatoms. The van der Waals surface area contributed by atoms with Crippen molar-refractivity contribution < 1.29 is 9.53 Å². The van der Waals surface area contributed by atoms with E-state index in [-0.39, 0.29) is 12.5 Å². The Hall–Kier alpha value is -2.70. The highest BCUT2D eigenvalue weighted by molar-refractivity contribution is 7.18. The van der Waals surface area contributed by atoms with Gasteiger partial charge in [0.1, 0.15) is 11.6 Å². The second kappa shape index (κ2) is 6.79. The zero-order valence-electron chi connectivity index (χ0n) is 14.8. The van der Waals surface area contributed by atoms with Gasteiger partial charge in [0, 0.05) is 41.7 Å². The van der Waals surface area contributed by atoms with Crippen LogP contribution in [0.5, 0.6) is 0 Å². The Labute approximate surface area is 160 Å². The van der Waals surface area contributed by atoms with E-state index in [1.165, 1.54) is 16.6 Å². The number of thiazole rings is 1. The summed E-state index contributed by atoms with van der Waals surface area (Å²) in [6, 6.07) is 16.3. The van der Waals surface area contributed by atoms with Gasteiger partial charge in [-0.2, -0.15) is 0 Å². The number of rotatable bonds is 4. The fourth-order valence-electron chi connectivity index (χ4n) is 3.68. The minimum absolute atomic E-state index is 0.0343. The fraction of sp³-hybridized carbons (Fsp3) is 0.238. The quantitative estimate of drug-likeness (QED) is 0.587. The van der Waals surface area contributed by atoms with Crippen LogP contribution in [-0.2, 0) is 29.1 Å². The van der Waals surface area contributed by atoms with E-state index >= 15 is 0 Å². The van der Waals surface area contributed by atoms with Crippen molar-refractivity contribution in [2.75, 3.05) is 13.2 Å². The van der Waals surface area contributed by atoms with Crippen molar-refractivity contribution in [3.05, 3.63) is 64.8 Å². The molecule has 0 radical (unpaired) electrons. The van der Waals surface area contributed by atoms with Crippen molar-refractivity contribution in [2.45, 2.75) is 19.6 Å². The van der Waals surface area contributed by atoms with Crippen molar-refractivity contribution in [3.8, 4) is 0 Å². The number of H-pyrrole nitrogens is 1. The SMILES string of the molecule is O=C(COCc1nc2ccccc2s1)N1CCc2[nH]c3ccccc3c2C1. The molecule has 4 aromatic rings. The number of aromatic amines is 1. The van der Waals surface area contributed by atoms with Crippen LogP contribution in [0.2, 0.25) is 0 Å². The Morgan fingerprint density at radius 1 is 1.19 bits per heavy atom. The van der Waals surface area contributed by atoms with Crippen LogP contribution in [-0.4, -0.2) is 33.9 Å². The number of carbonyl (C=O) groups is 1. The molecule has 27 heavy (non-hydrogen) atoms. The standard InChI is InChI=1S/C21H19N3O2S/c25-21(13-26-12-20-23-18-7-3-4-8-19(18)27-20)24-10-9-17-15(11-24)14-5-1-2-6-16(14)22-17/h1-8,22H,9-13H2. The maximum Gasteiger partial charge on any atom is 0.248 e. The van der Waals surface area contributed by atoms with Crippen molar-refractivity contribution in [2.24, 2.45) is 0 Å². The van der Waals surface area contributed by atoms with E-state index in [0.717, 1.165) is 33.7 Å². The Morgan fingerprint density at radius 2 is 2.04 bits per heavy atom. The second-order valence-electron chi connectivity index (χ2n) is 6.76. The summed E-state index contributed by atoms with van der Waals surface area (Å²) in [6.45, 7) is 1.83. The molecule has 5 nitrogen and oxygen atoms in total. The number of fused-ring (bicyclic) bond motifs is 4. The molecule has 0 bridgehead atoms. The van der Waals surface area contributed by atoms with Gasteiger partial charge in [0.05, 0.1) is 16.8 Å². The van der Waals surface area contributed by atoms with Gasteiger partial charge in [0.15, 0.2) is 0 Å². The molecule has 1 amide bonds. The molecular formula is C21H19N3O2S. The van der Waals surface area contributed by atoms with Crippen LogP contribution in [0.15, 0.2) is 48.5 Å². The smallest absolute Gasteiger partial charge is 0.248 e. The number of carbonyl (C=O) groups excluding carboxylic acids is 1. The lowest BCUT2D eigenvalue weighted by molar-refractivity contribution is -0.137. The van der Waals surface area contributed by atoms with E-state index in [9.17, 15) is 4.79 Å². The first-order chi connectivity index (χ1) is 13.3. The van der Waals surface area contributed by atoms with Gasteiger partial charge in [-0.05, 0) is 18.2 Å². The fourth-order valence-corrected chi connectivity index (χ4v) is 4.58. The van der Waals surface area contributed by atoms with Crippen LogP contribution in [0.3, 0.4) is 0 Å². The van der Waals surface area contributed by atoms with Gasteiger partial charge in [-0.15, -0.1) is 11.3 Å². The first-order valence-electron chi connectivity index (χ1n) is 9.06. The first kappa shape index (κ1) is 16.5. The predicted molar refractivity (Wildman–Crippen MR) is 107 cm³/mol. The lowest BCUT2D eigenvalue weighted by atomic mass is 10.0. The number of para-hydroxylation sites is 2. The Morgan fingerprint density at radius 3 is 2.96 bits per heavy atom. The molecule has 0 aliphatic carbocycles. The van der Waals surface area contributed by atoms with Crippen LogP contribution < -0.4 is 0 Å². The van der Waals surface area contributed by atoms with Gasteiger partial charge in [-0.1, -0.05) is 30.3 Å². The van der Waals surface area contributed by atoms with Crippen molar-refractivity contribution in [1.82, 2.24) is 14.9 Å². The predicted octanol–water partition coefficient (Wildman–Crippen LogP) is 3.88. The van der Waals surface area contributed by atoms with Crippen LogP contribution in [0.1, 0.15) is 16.3 Å². The van der Waals surface area contributed by atoms with Crippen LogP contribution in [0.25, 0.3) is 21.1 Å². The molecule has 0 saturated carbocycles. The first-order valence-corrected chi connectivity index (χ1v) is 9.88. The normalized spacial score (nSPS) is 14.0. The molecule has 2 aromatic heterocycles. The lowest BCUT2D eigenvalue weighted by Gasteiger charge is -2.27. The van der Waals surface area contributed by atoms with Crippen molar-refractivity contribution in [3.63, 3.8) is 0 Å². The van der Waals surface area contributed by atoms with E-state index in [2.05, 4.69) is 22.1 Å². The van der Waals surface area contributed by atoms with Gasteiger partial charge < -0.3 is 14.6 Å². The second-order valence-corrected chi connectivity index (χ2v) is 7.88. The minimum atomic E-state index is 0.0343. The molecule has 0 atom stereocenters. The average Bonchev–Trinajstić information content (AvgIpc) is 3.28. The summed E-state index contributed by atoms with van der Waals surface area (Å²) in [6.07, 6.45) is 0.855. The Balaban J connectivity index is 1.22. The zero-order valence-corrected chi connectivity index (χ0v) is 15.6. The summed E-state index contributed by atoms with van der Waals surface area (Å²) in [5, 5.41) is 2.11. The lowest BCUT2D eigenvalue weighted by Crippen LogP contribution is -2.38. The summed E-state index contributed by atoms with van der Waals surface area (Å²) < 4.78 is 6.81. The molecule has 1 aliphatic rings. The van der Waals surface area contributed by atoms with Crippen LogP contribution >= 0.6 is 11.3 Å². The topological polar surface area (TPSA) is 58.2 Å². The third-order valence-corrected chi connectivity index (χ3v) is 6.03. The highest BCUT2D eigenvalue weighted by Gasteiger charge is 2.23. The van der Waals surface area contributed by atoms with Gasteiger partial charge in [-0.3, -0.25) is 4.79 Å². The molecule has 136 valence electrons. The molecule has 1 N–H and O–H groups in total. The van der Waals surface area contributed by atoms with Crippen molar-refractivity contribution >= 4 is 38.4 Å². The third-order valence-electron chi connectivity index (χ3n) is 5.02. The number of amides is 1. The summed E-state index contributed by atoms with van der Waals surface area (Å²) >= 11 is 1.61. The molecule has 0 saturated heterocycles. The monoisotopic (exact) mass is 377 g/mol. The molecule has 0 fully saturated rings. The van der Waals surface area contributed by atoms with E-state index < -0.39 is 0 Å². The van der Waals surface area contributed by atoms with Crippen molar-refractivity contribution in [1.29, 1.82) is 0 Å². The van der Waals surface area contributed by atoms with Crippen LogP contribution in [0, 0.1) is 0 Å². The number of benzene rings is 2. The van der Waals surface area contributed by atoms with E-state index in [1.54, 1.807) is 11.3 Å². The summed E-state index contributed by atoms with van der Waals surface area (Å²) in [5.41, 5.74) is 4.60. The van der Waals surface area contributed by atoms with Crippen LogP contribution in [0.4, 0.5) is 0 Å². The molecule has 5 rings (SSSR count).